The van der Waals surface area contributed by atoms with Crippen LogP contribution in [0.1, 0.15) is 24.2 Å². The largest absolute Gasteiger partial charge is 0.428 e. The molecule has 1 aromatic heterocycles. The molecule has 0 atom stereocenters. The lowest BCUT2D eigenvalue weighted by Gasteiger charge is -2.06. The maximum atomic E-state index is 11.9. The number of ether oxygens (including phenoxy) is 2. The van der Waals surface area contributed by atoms with E-state index in [-0.39, 0.29) is 5.56 Å². The predicted octanol–water partition coefficient (Wildman–Crippen LogP) is 2.23. The van der Waals surface area contributed by atoms with Gasteiger partial charge in [-0.2, -0.15) is 0 Å². The van der Waals surface area contributed by atoms with E-state index in [0.717, 1.165) is 0 Å². The van der Waals surface area contributed by atoms with Gasteiger partial charge in [0.05, 0.1) is 4.99 Å². The summed E-state index contributed by atoms with van der Waals surface area (Å²) in [5.41, 5.74) is -0.163. The van der Waals surface area contributed by atoms with E-state index < -0.39 is 24.4 Å². The summed E-state index contributed by atoms with van der Waals surface area (Å²) in [5, 5.41) is 3.46. The second-order valence-electron chi connectivity index (χ2n) is 4.57. The standard InChI is InChI=1S/C15H13NO6S/c1-8(23)16-11-4-3-10-5-12(15(19)22-13(10)6-11)14(18)21-7-20-9(2)17/h3-6H,7H2,1-2H3,(H,16,23). The Kier molecular flexibility index (Phi) is 5.07. The summed E-state index contributed by atoms with van der Waals surface area (Å²) in [6.45, 7) is 2.33. The van der Waals surface area contributed by atoms with Gasteiger partial charge >= 0.3 is 17.6 Å². The van der Waals surface area contributed by atoms with Gasteiger partial charge in [-0.25, -0.2) is 9.59 Å². The summed E-state index contributed by atoms with van der Waals surface area (Å²) in [6, 6.07) is 6.35. The number of carbonyl (C=O) groups excluding carboxylic acids is 2. The Hall–Kier alpha value is -2.74. The fourth-order valence-corrected chi connectivity index (χ4v) is 1.90. The maximum absolute atomic E-state index is 11.9. The molecule has 0 spiro atoms. The van der Waals surface area contributed by atoms with Crippen molar-refractivity contribution in [3.63, 3.8) is 0 Å². The maximum Gasteiger partial charge on any atom is 0.351 e. The molecule has 0 aliphatic heterocycles. The highest BCUT2D eigenvalue weighted by Gasteiger charge is 2.16. The van der Waals surface area contributed by atoms with Crippen LogP contribution in [0.2, 0.25) is 0 Å². The minimum absolute atomic E-state index is 0.281. The molecular weight excluding hydrogens is 322 g/mol. The molecule has 1 heterocycles. The average molecular weight is 335 g/mol. The Labute approximate surface area is 136 Å². The molecule has 7 nitrogen and oxygen atoms in total. The monoisotopic (exact) mass is 335 g/mol. The summed E-state index contributed by atoms with van der Waals surface area (Å²) < 4.78 is 14.3. The van der Waals surface area contributed by atoms with Gasteiger partial charge in [-0.1, -0.05) is 12.2 Å². The number of fused-ring (bicyclic) bond motifs is 1. The number of esters is 2. The molecule has 0 aliphatic rings. The molecule has 1 aromatic carbocycles. The predicted molar refractivity (Wildman–Crippen MR) is 86.4 cm³/mol. The lowest BCUT2D eigenvalue weighted by Crippen LogP contribution is -2.18. The van der Waals surface area contributed by atoms with E-state index >= 15 is 0 Å². The zero-order chi connectivity index (χ0) is 17.0. The smallest absolute Gasteiger partial charge is 0.351 e. The Morgan fingerprint density at radius 2 is 1.96 bits per heavy atom. The van der Waals surface area contributed by atoms with E-state index in [0.29, 0.717) is 21.6 Å². The van der Waals surface area contributed by atoms with Crippen LogP contribution in [-0.4, -0.2) is 23.7 Å². The van der Waals surface area contributed by atoms with Crippen molar-refractivity contribution in [1.29, 1.82) is 0 Å². The van der Waals surface area contributed by atoms with E-state index in [1.54, 1.807) is 25.1 Å². The second kappa shape index (κ2) is 7.01. The lowest BCUT2D eigenvalue weighted by atomic mass is 10.1. The molecule has 2 rings (SSSR count). The van der Waals surface area contributed by atoms with Gasteiger partial charge in [0.15, 0.2) is 0 Å². The van der Waals surface area contributed by atoms with Crippen LogP contribution in [0, 0.1) is 0 Å². The molecule has 0 bridgehead atoms. The minimum atomic E-state index is -0.932. The fraction of sp³-hybridized carbons (Fsp3) is 0.200. The number of hydrogen-bond acceptors (Lipinski definition) is 7. The zero-order valence-corrected chi connectivity index (χ0v) is 13.2. The molecule has 23 heavy (non-hydrogen) atoms. The SMILES string of the molecule is CC(=O)OCOC(=O)c1cc2ccc(NC(C)=S)cc2oc1=O. The Morgan fingerprint density at radius 1 is 1.22 bits per heavy atom. The van der Waals surface area contributed by atoms with E-state index in [9.17, 15) is 14.4 Å². The van der Waals surface area contributed by atoms with Gasteiger partial charge in [-0.3, -0.25) is 4.79 Å². The summed E-state index contributed by atoms with van der Waals surface area (Å²) in [5.74, 6) is -1.53. The lowest BCUT2D eigenvalue weighted by molar-refractivity contribution is -0.149. The minimum Gasteiger partial charge on any atom is -0.428 e. The summed E-state index contributed by atoms with van der Waals surface area (Å²) in [7, 11) is 0. The summed E-state index contributed by atoms with van der Waals surface area (Å²) in [6.07, 6.45) is 0. The highest BCUT2D eigenvalue weighted by Crippen LogP contribution is 2.19. The molecule has 0 radical (unpaired) electrons. The van der Waals surface area contributed by atoms with Gasteiger partial charge in [0.2, 0.25) is 6.79 Å². The number of benzene rings is 1. The van der Waals surface area contributed by atoms with Crippen LogP contribution >= 0.6 is 12.2 Å². The van der Waals surface area contributed by atoms with Gasteiger partial charge in [-0.15, -0.1) is 0 Å². The molecule has 0 aliphatic carbocycles. The molecule has 1 N–H and O–H groups in total. The van der Waals surface area contributed by atoms with Gasteiger partial charge in [0, 0.05) is 24.1 Å². The third-order valence-electron chi connectivity index (χ3n) is 2.73. The molecule has 0 fully saturated rings. The first-order valence-electron chi connectivity index (χ1n) is 6.53. The van der Waals surface area contributed by atoms with Crippen LogP contribution in [0.5, 0.6) is 0 Å². The molecule has 120 valence electrons. The van der Waals surface area contributed by atoms with Crippen LogP contribution in [0.25, 0.3) is 11.0 Å². The van der Waals surface area contributed by atoms with E-state index in [1.807, 2.05) is 0 Å². The highest BCUT2D eigenvalue weighted by molar-refractivity contribution is 7.80. The van der Waals surface area contributed by atoms with Gasteiger partial charge < -0.3 is 19.2 Å². The van der Waals surface area contributed by atoms with E-state index in [1.165, 1.54) is 13.0 Å². The van der Waals surface area contributed by atoms with Crippen molar-refractivity contribution >= 4 is 45.8 Å². The molecule has 0 unspecified atom stereocenters. The number of rotatable bonds is 4. The average Bonchev–Trinajstić information content (AvgIpc) is 2.45. The van der Waals surface area contributed by atoms with Gasteiger partial charge in [0.25, 0.3) is 0 Å². The summed E-state index contributed by atoms with van der Waals surface area (Å²) in [4.78, 5) is 34.9. The van der Waals surface area contributed by atoms with Crippen molar-refractivity contribution in [3.8, 4) is 0 Å². The summed E-state index contributed by atoms with van der Waals surface area (Å²) >= 11 is 4.94. The second-order valence-corrected chi connectivity index (χ2v) is 5.18. The van der Waals surface area contributed by atoms with Crippen molar-refractivity contribution in [2.75, 3.05) is 12.1 Å². The van der Waals surface area contributed by atoms with Crippen molar-refractivity contribution < 1.29 is 23.5 Å². The number of carbonyl (C=O) groups is 2. The van der Waals surface area contributed by atoms with Crippen LogP contribution in [-0.2, 0) is 14.3 Å². The number of anilines is 1. The first-order valence-corrected chi connectivity index (χ1v) is 6.93. The highest BCUT2D eigenvalue weighted by atomic mass is 32.1. The number of thiocarbonyl (C=S) groups is 1. The Bertz CT molecular complexity index is 841. The van der Waals surface area contributed by atoms with Crippen LogP contribution < -0.4 is 10.9 Å². The Morgan fingerprint density at radius 3 is 2.61 bits per heavy atom. The third kappa shape index (κ3) is 4.36. The fourth-order valence-electron chi connectivity index (χ4n) is 1.78. The molecule has 2 aromatic rings. The molecule has 0 amide bonds. The van der Waals surface area contributed by atoms with Crippen LogP contribution in [0.3, 0.4) is 0 Å². The molecule has 0 saturated carbocycles. The van der Waals surface area contributed by atoms with Crippen molar-refractivity contribution in [2.24, 2.45) is 0 Å². The van der Waals surface area contributed by atoms with E-state index in [4.69, 9.17) is 16.6 Å². The first-order chi connectivity index (χ1) is 10.9. The number of nitrogens with one attached hydrogen (secondary N) is 1. The third-order valence-corrected chi connectivity index (χ3v) is 2.83. The van der Waals surface area contributed by atoms with Crippen molar-refractivity contribution in [2.45, 2.75) is 13.8 Å². The Balaban J connectivity index is 2.27. The zero-order valence-electron chi connectivity index (χ0n) is 12.4. The van der Waals surface area contributed by atoms with Crippen LogP contribution in [0.15, 0.2) is 33.5 Å². The molecular formula is C15H13NO6S. The quantitative estimate of drug-likeness (QED) is 0.393. The van der Waals surface area contributed by atoms with Gasteiger partial charge in [-0.05, 0) is 25.1 Å². The molecule has 8 heteroatoms. The van der Waals surface area contributed by atoms with Crippen molar-refractivity contribution in [3.05, 3.63) is 40.2 Å². The van der Waals surface area contributed by atoms with E-state index in [2.05, 4.69) is 14.8 Å². The topological polar surface area (TPSA) is 94.8 Å². The number of hydrogen-bond donors (Lipinski definition) is 1. The molecule has 0 saturated heterocycles. The first kappa shape index (κ1) is 16.6. The van der Waals surface area contributed by atoms with Crippen molar-refractivity contribution in [1.82, 2.24) is 0 Å². The van der Waals surface area contributed by atoms with Gasteiger partial charge in [0.1, 0.15) is 11.1 Å². The normalized spacial score (nSPS) is 10.2. The van der Waals surface area contributed by atoms with Crippen LogP contribution in [0.4, 0.5) is 5.69 Å².